The Morgan fingerprint density at radius 2 is 2.57 bits per heavy atom. The lowest BCUT2D eigenvalue weighted by Crippen LogP contribution is -2.43. The molecule has 2 atom stereocenters. The van der Waals surface area contributed by atoms with Gasteiger partial charge in [0.05, 0.1) is 12.0 Å². The Bertz CT molecular complexity index is 226. The standard InChI is InChI=1S/C11H18N2O/c1-3-10(4-2)13-11(14)9-6-5-7-12-8-9/h1,9-10,12H,4-8H2,2H3,(H,13,14)/t9-,10?/m0/s1. The van der Waals surface area contributed by atoms with Crippen LogP contribution in [0.25, 0.3) is 0 Å². The van der Waals surface area contributed by atoms with Gasteiger partial charge in [0.1, 0.15) is 0 Å². The SMILES string of the molecule is C#CC(CC)NC(=O)[C@H]1CCCNC1. The molecule has 1 fully saturated rings. The molecule has 0 aromatic rings. The Balaban J connectivity index is 2.36. The molecule has 0 aliphatic carbocycles. The summed E-state index contributed by atoms with van der Waals surface area (Å²) in [6, 6.07) is -0.107. The van der Waals surface area contributed by atoms with Gasteiger partial charge in [0.2, 0.25) is 5.91 Å². The average Bonchev–Trinajstić information content (AvgIpc) is 2.26. The molecule has 1 amide bonds. The van der Waals surface area contributed by atoms with E-state index in [4.69, 9.17) is 6.42 Å². The Hall–Kier alpha value is -1.01. The summed E-state index contributed by atoms with van der Waals surface area (Å²) in [5.74, 6) is 2.77. The third-order valence-corrected chi connectivity index (χ3v) is 2.59. The summed E-state index contributed by atoms with van der Waals surface area (Å²) in [6.45, 7) is 3.78. The van der Waals surface area contributed by atoms with Crippen LogP contribution in [0.1, 0.15) is 26.2 Å². The number of carbonyl (C=O) groups is 1. The number of piperidine rings is 1. The zero-order chi connectivity index (χ0) is 10.4. The predicted octanol–water partition coefficient (Wildman–Crippen LogP) is 0.514. The number of rotatable bonds is 3. The van der Waals surface area contributed by atoms with Crippen LogP contribution >= 0.6 is 0 Å². The van der Waals surface area contributed by atoms with Gasteiger partial charge in [-0.1, -0.05) is 12.8 Å². The van der Waals surface area contributed by atoms with Crippen molar-refractivity contribution in [2.45, 2.75) is 32.2 Å². The van der Waals surface area contributed by atoms with Gasteiger partial charge < -0.3 is 10.6 Å². The number of carbonyl (C=O) groups excluding carboxylic acids is 1. The molecule has 2 N–H and O–H groups in total. The first kappa shape index (κ1) is 11.1. The molecule has 3 heteroatoms. The molecule has 1 unspecified atom stereocenters. The molecule has 1 saturated heterocycles. The summed E-state index contributed by atoms with van der Waals surface area (Å²) in [6.07, 6.45) is 8.12. The molecule has 0 aromatic carbocycles. The van der Waals surface area contributed by atoms with E-state index in [9.17, 15) is 4.79 Å². The molecule has 1 aliphatic rings. The summed E-state index contributed by atoms with van der Waals surface area (Å²) >= 11 is 0. The third-order valence-electron chi connectivity index (χ3n) is 2.59. The van der Waals surface area contributed by atoms with Gasteiger partial charge >= 0.3 is 0 Å². The maximum atomic E-state index is 11.7. The highest BCUT2D eigenvalue weighted by atomic mass is 16.1. The van der Waals surface area contributed by atoms with Crippen molar-refractivity contribution in [2.24, 2.45) is 5.92 Å². The molecular weight excluding hydrogens is 176 g/mol. The minimum Gasteiger partial charge on any atom is -0.342 e. The minimum absolute atomic E-state index is 0.0991. The molecule has 3 nitrogen and oxygen atoms in total. The van der Waals surface area contributed by atoms with Gasteiger partial charge in [0.15, 0.2) is 0 Å². The first-order valence-corrected chi connectivity index (χ1v) is 5.25. The topological polar surface area (TPSA) is 41.1 Å². The van der Waals surface area contributed by atoms with Crippen molar-refractivity contribution >= 4 is 5.91 Å². The lowest BCUT2D eigenvalue weighted by atomic mass is 9.98. The van der Waals surface area contributed by atoms with Crippen molar-refractivity contribution in [3.63, 3.8) is 0 Å². The molecule has 0 saturated carbocycles. The molecule has 0 aromatic heterocycles. The molecule has 0 radical (unpaired) electrons. The van der Waals surface area contributed by atoms with Crippen LogP contribution in [0.15, 0.2) is 0 Å². The number of hydrogen-bond donors (Lipinski definition) is 2. The molecule has 14 heavy (non-hydrogen) atoms. The molecule has 0 bridgehead atoms. The fourth-order valence-electron chi connectivity index (χ4n) is 1.63. The number of nitrogens with one attached hydrogen (secondary N) is 2. The third kappa shape index (κ3) is 3.04. The second kappa shape index (κ2) is 5.66. The normalized spacial score (nSPS) is 23.6. The number of amides is 1. The van der Waals surface area contributed by atoms with Crippen molar-refractivity contribution < 1.29 is 4.79 Å². The van der Waals surface area contributed by atoms with E-state index < -0.39 is 0 Å². The summed E-state index contributed by atoms with van der Waals surface area (Å²) in [5, 5.41) is 6.08. The molecule has 1 aliphatic heterocycles. The van der Waals surface area contributed by atoms with E-state index >= 15 is 0 Å². The Labute approximate surface area is 85.6 Å². The molecule has 1 heterocycles. The predicted molar refractivity (Wildman–Crippen MR) is 56.6 cm³/mol. The summed E-state index contributed by atoms with van der Waals surface area (Å²) in [5.41, 5.74) is 0. The average molecular weight is 194 g/mol. The highest BCUT2D eigenvalue weighted by Gasteiger charge is 2.21. The fourth-order valence-corrected chi connectivity index (χ4v) is 1.63. The van der Waals surface area contributed by atoms with E-state index in [-0.39, 0.29) is 17.9 Å². The Morgan fingerprint density at radius 3 is 3.07 bits per heavy atom. The smallest absolute Gasteiger partial charge is 0.225 e. The lowest BCUT2D eigenvalue weighted by molar-refractivity contribution is -0.125. The monoisotopic (exact) mass is 194 g/mol. The zero-order valence-electron chi connectivity index (χ0n) is 8.68. The quantitative estimate of drug-likeness (QED) is 0.643. The van der Waals surface area contributed by atoms with E-state index in [1.807, 2.05) is 6.92 Å². The molecule has 0 spiro atoms. The molecular formula is C11H18N2O. The van der Waals surface area contributed by atoms with Gasteiger partial charge in [-0.05, 0) is 25.8 Å². The maximum absolute atomic E-state index is 11.7. The van der Waals surface area contributed by atoms with Gasteiger partial charge in [0, 0.05) is 6.54 Å². The second-order valence-electron chi connectivity index (χ2n) is 3.68. The Morgan fingerprint density at radius 1 is 1.79 bits per heavy atom. The van der Waals surface area contributed by atoms with Crippen LogP contribution in [-0.4, -0.2) is 25.0 Å². The van der Waals surface area contributed by atoms with Gasteiger partial charge in [0.25, 0.3) is 0 Å². The van der Waals surface area contributed by atoms with Crippen LogP contribution in [-0.2, 0) is 4.79 Å². The summed E-state index contributed by atoms with van der Waals surface area (Å²) in [7, 11) is 0. The van der Waals surface area contributed by atoms with Crippen LogP contribution in [0.2, 0.25) is 0 Å². The maximum Gasteiger partial charge on any atom is 0.225 e. The first-order chi connectivity index (χ1) is 6.77. The fraction of sp³-hybridized carbons (Fsp3) is 0.727. The van der Waals surface area contributed by atoms with E-state index in [0.29, 0.717) is 0 Å². The van der Waals surface area contributed by atoms with E-state index in [1.165, 1.54) is 0 Å². The van der Waals surface area contributed by atoms with Crippen LogP contribution < -0.4 is 10.6 Å². The summed E-state index contributed by atoms with van der Waals surface area (Å²) in [4.78, 5) is 11.7. The van der Waals surface area contributed by atoms with Gasteiger partial charge in [-0.15, -0.1) is 6.42 Å². The van der Waals surface area contributed by atoms with Gasteiger partial charge in [-0.25, -0.2) is 0 Å². The highest BCUT2D eigenvalue weighted by molar-refractivity contribution is 5.79. The van der Waals surface area contributed by atoms with Crippen molar-refractivity contribution in [2.75, 3.05) is 13.1 Å². The number of terminal acetylenes is 1. The van der Waals surface area contributed by atoms with Crippen LogP contribution in [0.3, 0.4) is 0 Å². The van der Waals surface area contributed by atoms with Crippen LogP contribution in [0.5, 0.6) is 0 Å². The van der Waals surface area contributed by atoms with Crippen molar-refractivity contribution in [3.05, 3.63) is 0 Å². The first-order valence-electron chi connectivity index (χ1n) is 5.25. The van der Waals surface area contributed by atoms with E-state index in [1.54, 1.807) is 0 Å². The van der Waals surface area contributed by atoms with Gasteiger partial charge in [-0.3, -0.25) is 4.79 Å². The number of hydrogen-bond acceptors (Lipinski definition) is 2. The van der Waals surface area contributed by atoms with Crippen LogP contribution in [0.4, 0.5) is 0 Å². The highest BCUT2D eigenvalue weighted by Crippen LogP contribution is 2.10. The van der Waals surface area contributed by atoms with Crippen molar-refractivity contribution in [1.82, 2.24) is 10.6 Å². The Kier molecular flexibility index (Phi) is 4.48. The minimum atomic E-state index is -0.107. The largest absolute Gasteiger partial charge is 0.342 e. The second-order valence-corrected chi connectivity index (χ2v) is 3.68. The molecule has 1 rings (SSSR count). The van der Waals surface area contributed by atoms with Crippen molar-refractivity contribution in [1.29, 1.82) is 0 Å². The van der Waals surface area contributed by atoms with E-state index in [2.05, 4.69) is 16.6 Å². The van der Waals surface area contributed by atoms with Crippen LogP contribution in [0, 0.1) is 18.3 Å². The van der Waals surface area contributed by atoms with Gasteiger partial charge in [-0.2, -0.15) is 0 Å². The van der Waals surface area contributed by atoms with Crippen molar-refractivity contribution in [3.8, 4) is 12.3 Å². The lowest BCUT2D eigenvalue weighted by Gasteiger charge is -2.23. The summed E-state index contributed by atoms with van der Waals surface area (Å²) < 4.78 is 0. The zero-order valence-corrected chi connectivity index (χ0v) is 8.68. The van der Waals surface area contributed by atoms with E-state index in [0.717, 1.165) is 32.4 Å². The molecule has 78 valence electrons.